The molecule has 0 saturated carbocycles. The van der Waals surface area contributed by atoms with Crippen LogP contribution in [-0.4, -0.2) is 11.8 Å². The van der Waals surface area contributed by atoms with Crippen molar-refractivity contribution in [1.29, 1.82) is 0 Å². The molecule has 0 fully saturated rings. The first kappa shape index (κ1) is 19.0. The standard InChI is InChI=1S/C24H20N2O2S/c1-16-13-14-20(17(2)15-16)25-21-22(29-19-11-7-4-8-12-19)24(28)26(23(21)27)18-9-5-3-6-10-18/h3-15,25H,1-2H3. The maximum absolute atomic E-state index is 13.3. The van der Waals surface area contributed by atoms with E-state index in [2.05, 4.69) is 5.32 Å². The van der Waals surface area contributed by atoms with Crippen LogP contribution in [0.2, 0.25) is 0 Å². The number of rotatable bonds is 5. The zero-order valence-electron chi connectivity index (χ0n) is 16.2. The highest BCUT2D eigenvalue weighted by Gasteiger charge is 2.40. The fourth-order valence-corrected chi connectivity index (χ4v) is 4.17. The minimum Gasteiger partial charge on any atom is -0.350 e. The molecule has 29 heavy (non-hydrogen) atoms. The second-order valence-electron chi connectivity index (χ2n) is 6.84. The molecule has 0 aliphatic carbocycles. The summed E-state index contributed by atoms with van der Waals surface area (Å²) in [6.45, 7) is 4.00. The van der Waals surface area contributed by atoms with Crippen LogP contribution in [0.3, 0.4) is 0 Å². The molecule has 0 radical (unpaired) electrons. The van der Waals surface area contributed by atoms with E-state index in [1.165, 1.54) is 16.7 Å². The molecule has 3 aromatic carbocycles. The van der Waals surface area contributed by atoms with Crippen LogP contribution >= 0.6 is 11.8 Å². The molecular formula is C24H20N2O2S. The Morgan fingerprint density at radius 3 is 2.10 bits per heavy atom. The number of imide groups is 1. The molecule has 4 nitrogen and oxygen atoms in total. The number of carbonyl (C=O) groups is 2. The second kappa shape index (κ2) is 7.97. The lowest BCUT2D eigenvalue weighted by Crippen LogP contribution is -2.32. The molecule has 1 heterocycles. The predicted octanol–water partition coefficient (Wildman–Crippen LogP) is 5.29. The number of nitrogens with zero attached hydrogens (tertiary/aromatic N) is 1. The number of amides is 2. The fourth-order valence-electron chi connectivity index (χ4n) is 3.22. The normalized spacial score (nSPS) is 13.9. The van der Waals surface area contributed by atoms with Crippen molar-refractivity contribution in [3.63, 3.8) is 0 Å². The van der Waals surface area contributed by atoms with Crippen LogP contribution in [0.1, 0.15) is 11.1 Å². The lowest BCUT2D eigenvalue weighted by Gasteiger charge is -2.15. The number of para-hydroxylation sites is 1. The van der Waals surface area contributed by atoms with E-state index >= 15 is 0 Å². The maximum Gasteiger partial charge on any atom is 0.283 e. The molecule has 2 amide bonds. The van der Waals surface area contributed by atoms with Gasteiger partial charge in [0.2, 0.25) is 0 Å². The molecule has 1 aliphatic heterocycles. The molecule has 144 valence electrons. The van der Waals surface area contributed by atoms with Crippen molar-refractivity contribution in [2.75, 3.05) is 10.2 Å². The maximum atomic E-state index is 13.3. The summed E-state index contributed by atoms with van der Waals surface area (Å²) in [5, 5.41) is 3.23. The molecule has 1 aliphatic rings. The lowest BCUT2D eigenvalue weighted by molar-refractivity contribution is -0.120. The van der Waals surface area contributed by atoms with Crippen LogP contribution in [0.25, 0.3) is 0 Å². The average molecular weight is 401 g/mol. The summed E-state index contributed by atoms with van der Waals surface area (Å²) in [5.41, 5.74) is 3.83. The number of hydrogen-bond acceptors (Lipinski definition) is 4. The van der Waals surface area contributed by atoms with Gasteiger partial charge in [0.05, 0.1) is 5.69 Å². The minimum absolute atomic E-state index is 0.305. The number of carbonyl (C=O) groups excluding carboxylic acids is 2. The SMILES string of the molecule is Cc1ccc(NC2=C(Sc3ccccc3)C(=O)N(c3ccccc3)C2=O)c(C)c1. The number of aryl methyl sites for hydroxylation is 2. The third-order valence-corrected chi connectivity index (χ3v) is 5.75. The average Bonchev–Trinajstić information content (AvgIpc) is 2.95. The molecule has 0 bridgehead atoms. The third-order valence-electron chi connectivity index (χ3n) is 4.66. The first-order valence-corrected chi connectivity index (χ1v) is 10.1. The van der Waals surface area contributed by atoms with Gasteiger partial charge < -0.3 is 5.32 Å². The summed E-state index contributed by atoms with van der Waals surface area (Å²) in [5.74, 6) is -0.665. The van der Waals surface area contributed by atoms with E-state index in [0.717, 1.165) is 21.7 Å². The molecule has 0 spiro atoms. The first-order valence-electron chi connectivity index (χ1n) is 9.30. The molecule has 4 rings (SSSR count). The van der Waals surface area contributed by atoms with Gasteiger partial charge in [-0.25, -0.2) is 4.90 Å². The third kappa shape index (κ3) is 3.82. The van der Waals surface area contributed by atoms with Crippen LogP contribution in [0.5, 0.6) is 0 Å². The van der Waals surface area contributed by atoms with E-state index in [0.29, 0.717) is 16.3 Å². The number of benzene rings is 3. The van der Waals surface area contributed by atoms with E-state index in [1.54, 1.807) is 12.1 Å². The largest absolute Gasteiger partial charge is 0.350 e. The van der Waals surface area contributed by atoms with Crippen LogP contribution in [0.15, 0.2) is 94.4 Å². The van der Waals surface area contributed by atoms with Crippen molar-refractivity contribution in [2.24, 2.45) is 0 Å². The van der Waals surface area contributed by atoms with Gasteiger partial charge in [0.1, 0.15) is 10.6 Å². The number of thioether (sulfide) groups is 1. The Labute approximate surface area is 174 Å². The van der Waals surface area contributed by atoms with E-state index in [4.69, 9.17) is 0 Å². The zero-order valence-corrected chi connectivity index (χ0v) is 17.0. The molecule has 5 heteroatoms. The van der Waals surface area contributed by atoms with Gasteiger partial charge in [0.25, 0.3) is 11.8 Å². The first-order chi connectivity index (χ1) is 14.0. The molecule has 3 aromatic rings. The van der Waals surface area contributed by atoms with Gasteiger partial charge in [0.15, 0.2) is 0 Å². The van der Waals surface area contributed by atoms with Gasteiger partial charge in [0, 0.05) is 10.6 Å². The number of anilines is 2. The van der Waals surface area contributed by atoms with Gasteiger partial charge >= 0.3 is 0 Å². The highest BCUT2D eigenvalue weighted by atomic mass is 32.2. The summed E-state index contributed by atoms with van der Waals surface area (Å²) >= 11 is 1.30. The van der Waals surface area contributed by atoms with E-state index in [-0.39, 0.29) is 11.8 Å². The highest BCUT2D eigenvalue weighted by molar-refractivity contribution is 8.04. The quantitative estimate of drug-likeness (QED) is 0.591. The Morgan fingerprint density at radius 1 is 0.793 bits per heavy atom. The van der Waals surface area contributed by atoms with E-state index < -0.39 is 0 Å². The molecule has 0 saturated heterocycles. The van der Waals surface area contributed by atoms with Crippen molar-refractivity contribution in [1.82, 2.24) is 0 Å². The summed E-state index contributed by atoms with van der Waals surface area (Å²) in [6, 6.07) is 24.6. The Morgan fingerprint density at radius 2 is 1.45 bits per heavy atom. The van der Waals surface area contributed by atoms with Crippen LogP contribution in [0, 0.1) is 13.8 Å². The predicted molar refractivity (Wildman–Crippen MR) is 118 cm³/mol. The van der Waals surface area contributed by atoms with Crippen LogP contribution in [-0.2, 0) is 9.59 Å². The van der Waals surface area contributed by atoms with Gasteiger partial charge in [-0.15, -0.1) is 0 Å². The zero-order chi connectivity index (χ0) is 20.4. The molecular weight excluding hydrogens is 380 g/mol. The van der Waals surface area contributed by atoms with Crippen molar-refractivity contribution in [3.8, 4) is 0 Å². The fraction of sp³-hybridized carbons (Fsp3) is 0.0833. The van der Waals surface area contributed by atoms with Crippen LogP contribution in [0.4, 0.5) is 11.4 Å². The Balaban J connectivity index is 1.76. The monoisotopic (exact) mass is 400 g/mol. The van der Waals surface area contributed by atoms with Gasteiger partial charge in [-0.3, -0.25) is 9.59 Å². The highest BCUT2D eigenvalue weighted by Crippen LogP contribution is 2.38. The van der Waals surface area contributed by atoms with Crippen molar-refractivity contribution in [2.45, 2.75) is 18.7 Å². The minimum atomic E-state index is -0.348. The molecule has 1 N–H and O–H groups in total. The van der Waals surface area contributed by atoms with Crippen molar-refractivity contribution in [3.05, 3.63) is 101 Å². The van der Waals surface area contributed by atoms with Gasteiger partial charge in [-0.1, -0.05) is 65.9 Å². The van der Waals surface area contributed by atoms with Crippen molar-refractivity contribution >= 4 is 35.0 Å². The molecule has 0 aromatic heterocycles. The van der Waals surface area contributed by atoms with Gasteiger partial charge in [-0.2, -0.15) is 0 Å². The summed E-state index contributed by atoms with van der Waals surface area (Å²) in [6.07, 6.45) is 0. The number of nitrogens with one attached hydrogen (secondary N) is 1. The van der Waals surface area contributed by atoms with E-state index in [1.807, 2.05) is 80.6 Å². The molecule has 0 unspecified atom stereocenters. The molecule has 0 atom stereocenters. The smallest absolute Gasteiger partial charge is 0.283 e. The van der Waals surface area contributed by atoms with Gasteiger partial charge in [-0.05, 0) is 49.7 Å². The lowest BCUT2D eigenvalue weighted by atomic mass is 10.1. The number of hydrogen-bond donors (Lipinski definition) is 1. The Kier molecular flexibility index (Phi) is 5.23. The Hall–Kier alpha value is -3.31. The van der Waals surface area contributed by atoms with Crippen LogP contribution < -0.4 is 10.2 Å². The topological polar surface area (TPSA) is 49.4 Å². The summed E-state index contributed by atoms with van der Waals surface area (Å²) < 4.78 is 0. The summed E-state index contributed by atoms with van der Waals surface area (Å²) in [4.78, 5) is 29.0. The van der Waals surface area contributed by atoms with E-state index in [9.17, 15) is 9.59 Å². The second-order valence-corrected chi connectivity index (χ2v) is 7.93. The Bertz CT molecular complexity index is 1110. The van der Waals surface area contributed by atoms with Crippen molar-refractivity contribution < 1.29 is 9.59 Å². The summed E-state index contributed by atoms with van der Waals surface area (Å²) in [7, 11) is 0.